The fraction of sp³-hybridized carbons (Fsp3) is 0.538. The van der Waals surface area contributed by atoms with Gasteiger partial charge in [0.15, 0.2) is 0 Å². The van der Waals surface area contributed by atoms with Gasteiger partial charge >= 0.3 is 24.3 Å². The molecule has 2 aliphatic heterocycles. The average molecular weight is 599 g/mol. The fourth-order valence-corrected chi connectivity index (χ4v) is 5.51. The van der Waals surface area contributed by atoms with Crippen molar-refractivity contribution in [1.29, 1.82) is 0 Å². The van der Waals surface area contributed by atoms with Crippen LogP contribution in [-0.2, 0) is 22.7 Å². The molecule has 4 rings (SSSR count). The number of piperidine rings is 1. The predicted octanol–water partition coefficient (Wildman–Crippen LogP) is 5.82. The predicted molar refractivity (Wildman–Crippen MR) is 136 cm³/mol. The van der Waals surface area contributed by atoms with E-state index in [-0.39, 0.29) is 0 Å². The second-order valence-electron chi connectivity index (χ2n) is 9.71. The van der Waals surface area contributed by atoms with E-state index in [0.29, 0.717) is 5.41 Å². The van der Waals surface area contributed by atoms with Crippen molar-refractivity contribution in [2.45, 2.75) is 51.6 Å². The molecule has 224 valence electrons. The summed E-state index contributed by atoms with van der Waals surface area (Å²) in [6, 6.07) is 13.1. The van der Waals surface area contributed by atoms with E-state index >= 15 is 0 Å². The van der Waals surface area contributed by atoms with Crippen molar-refractivity contribution >= 4 is 23.3 Å². The monoisotopic (exact) mass is 598 g/mol. The third-order valence-corrected chi connectivity index (χ3v) is 7.62. The molecular formula is C26H32F6N2O5S. The molecule has 0 bridgehead atoms. The lowest BCUT2D eigenvalue weighted by atomic mass is 9.77. The first-order chi connectivity index (χ1) is 18.5. The van der Waals surface area contributed by atoms with Crippen LogP contribution in [0.1, 0.15) is 34.6 Å². The Morgan fingerprint density at radius 1 is 0.900 bits per heavy atom. The topological polar surface area (TPSA) is 90.3 Å². The molecule has 1 aromatic carbocycles. The van der Waals surface area contributed by atoms with Crippen molar-refractivity contribution in [3.05, 3.63) is 51.7 Å². The van der Waals surface area contributed by atoms with E-state index in [1.165, 1.54) is 60.8 Å². The highest BCUT2D eigenvalue weighted by atomic mass is 32.1. The van der Waals surface area contributed by atoms with E-state index in [9.17, 15) is 26.3 Å². The first kappa shape index (κ1) is 33.4. The van der Waals surface area contributed by atoms with Crippen LogP contribution in [0, 0.1) is 12.3 Å². The summed E-state index contributed by atoms with van der Waals surface area (Å²) in [4.78, 5) is 26.0. The SMILES string of the molecule is COc1cccc(CN2CCC3(CC2)CCN(Cc2ccc(C)s2)C3)c1.O=C(O)C(F)(F)F.O=C(O)C(F)(F)F. The Balaban J connectivity index is 0.000000333. The number of hydrogen-bond acceptors (Lipinski definition) is 6. The molecule has 0 unspecified atom stereocenters. The summed E-state index contributed by atoms with van der Waals surface area (Å²) in [6.45, 7) is 9.41. The van der Waals surface area contributed by atoms with Crippen molar-refractivity contribution in [3.63, 3.8) is 0 Å². The van der Waals surface area contributed by atoms with Crippen LogP contribution >= 0.6 is 11.3 Å². The van der Waals surface area contributed by atoms with Crippen LogP contribution in [0.3, 0.4) is 0 Å². The molecule has 3 heterocycles. The van der Waals surface area contributed by atoms with Gasteiger partial charge in [-0.05, 0) is 81.1 Å². The number of carboxylic acids is 2. The lowest BCUT2D eigenvalue weighted by Gasteiger charge is -2.39. The zero-order chi connectivity index (χ0) is 30.1. The molecule has 2 fully saturated rings. The Morgan fingerprint density at radius 3 is 1.88 bits per heavy atom. The number of aliphatic carboxylic acids is 2. The molecule has 2 aromatic rings. The Labute approximate surface area is 232 Å². The number of carboxylic acid groups (broad SMARTS) is 2. The van der Waals surface area contributed by atoms with Crippen LogP contribution in [0.2, 0.25) is 0 Å². The molecule has 14 heteroatoms. The highest BCUT2D eigenvalue weighted by molar-refractivity contribution is 7.11. The number of ether oxygens (including phenoxy) is 1. The van der Waals surface area contributed by atoms with Crippen LogP contribution in [0.4, 0.5) is 26.3 Å². The zero-order valence-corrected chi connectivity index (χ0v) is 22.8. The van der Waals surface area contributed by atoms with Gasteiger partial charge in [-0.2, -0.15) is 26.3 Å². The molecule has 1 aromatic heterocycles. The van der Waals surface area contributed by atoms with Crippen LogP contribution in [-0.4, -0.2) is 77.6 Å². The molecule has 1 spiro atoms. The minimum Gasteiger partial charge on any atom is -0.497 e. The molecule has 0 atom stereocenters. The molecule has 0 radical (unpaired) electrons. The molecule has 0 saturated carbocycles. The van der Waals surface area contributed by atoms with Crippen LogP contribution in [0.25, 0.3) is 0 Å². The van der Waals surface area contributed by atoms with E-state index in [0.717, 1.165) is 18.8 Å². The number of rotatable bonds is 5. The van der Waals surface area contributed by atoms with Gasteiger partial charge in [0.1, 0.15) is 5.75 Å². The first-order valence-corrected chi connectivity index (χ1v) is 13.1. The highest BCUT2D eigenvalue weighted by Crippen LogP contribution is 2.41. The number of carbonyl (C=O) groups is 2. The Morgan fingerprint density at radius 2 is 1.43 bits per heavy atom. The largest absolute Gasteiger partial charge is 0.497 e. The second-order valence-corrected chi connectivity index (χ2v) is 11.1. The van der Waals surface area contributed by atoms with Gasteiger partial charge in [0.05, 0.1) is 7.11 Å². The number of benzene rings is 1. The summed E-state index contributed by atoms with van der Waals surface area (Å²) < 4.78 is 68.8. The minimum atomic E-state index is -5.08. The van der Waals surface area contributed by atoms with E-state index in [4.69, 9.17) is 24.5 Å². The van der Waals surface area contributed by atoms with Gasteiger partial charge in [-0.3, -0.25) is 9.80 Å². The number of likely N-dealkylation sites (tertiary alicyclic amines) is 2. The second kappa shape index (κ2) is 14.2. The number of halogens is 6. The number of thiophene rings is 1. The molecule has 0 amide bonds. The van der Waals surface area contributed by atoms with E-state index in [1.807, 2.05) is 17.4 Å². The maximum atomic E-state index is 10.6. The first-order valence-electron chi connectivity index (χ1n) is 12.3. The van der Waals surface area contributed by atoms with Crippen molar-refractivity contribution in [1.82, 2.24) is 9.80 Å². The van der Waals surface area contributed by atoms with E-state index < -0.39 is 24.3 Å². The van der Waals surface area contributed by atoms with Crippen molar-refractivity contribution in [3.8, 4) is 5.75 Å². The molecule has 2 N–H and O–H groups in total. The fourth-order valence-electron chi connectivity index (χ4n) is 4.58. The lowest BCUT2D eigenvalue weighted by molar-refractivity contribution is -0.193. The Bertz CT molecular complexity index is 1090. The normalized spacial score (nSPS) is 17.4. The molecule has 7 nitrogen and oxygen atoms in total. The van der Waals surface area contributed by atoms with Crippen molar-refractivity contribution in [2.24, 2.45) is 5.41 Å². The van der Waals surface area contributed by atoms with Gasteiger partial charge in [0.25, 0.3) is 0 Å². The van der Waals surface area contributed by atoms with Gasteiger partial charge in [-0.25, -0.2) is 9.59 Å². The molecule has 40 heavy (non-hydrogen) atoms. The minimum absolute atomic E-state index is 0.567. The van der Waals surface area contributed by atoms with E-state index in [2.05, 4.69) is 47.1 Å². The van der Waals surface area contributed by atoms with Crippen molar-refractivity contribution in [2.75, 3.05) is 33.3 Å². The smallest absolute Gasteiger partial charge is 0.490 e. The summed E-state index contributed by atoms with van der Waals surface area (Å²) in [5.41, 5.74) is 1.93. The molecular weight excluding hydrogens is 566 g/mol. The maximum Gasteiger partial charge on any atom is 0.490 e. The summed E-state index contributed by atoms with van der Waals surface area (Å²) in [5, 5.41) is 14.2. The Hall–Kier alpha value is -2.84. The van der Waals surface area contributed by atoms with Gasteiger partial charge in [0, 0.05) is 29.4 Å². The van der Waals surface area contributed by atoms with Gasteiger partial charge in [0.2, 0.25) is 0 Å². The third kappa shape index (κ3) is 11.0. The molecule has 2 aliphatic rings. The van der Waals surface area contributed by atoms with Crippen LogP contribution < -0.4 is 4.74 Å². The maximum absolute atomic E-state index is 10.6. The summed E-state index contributed by atoms with van der Waals surface area (Å²) >= 11 is 1.95. The number of methoxy groups -OCH3 is 1. The lowest BCUT2D eigenvalue weighted by Crippen LogP contribution is -2.41. The zero-order valence-electron chi connectivity index (χ0n) is 22.0. The average Bonchev–Trinajstić information content (AvgIpc) is 3.46. The van der Waals surface area contributed by atoms with Gasteiger partial charge in [-0.15, -0.1) is 11.3 Å². The summed E-state index contributed by atoms with van der Waals surface area (Å²) in [6.07, 6.45) is -6.10. The Kier molecular flexibility index (Phi) is 11.8. The van der Waals surface area contributed by atoms with Crippen molar-refractivity contribution < 1.29 is 50.9 Å². The quantitative estimate of drug-likeness (QED) is 0.420. The number of nitrogens with zero attached hydrogens (tertiary/aromatic N) is 2. The van der Waals surface area contributed by atoms with Crippen LogP contribution in [0.5, 0.6) is 5.75 Å². The molecule has 0 aliphatic carbocycles. The molecule has 2 saturated heterocycles. The summed E-state index contributed by atoms with van der Waals surface area (Å²) in [5.74, 6) is -4.55. The van der Waals surface area contributed by atoms with Crippen LogP contribution in [0.15, 0.2) is 36.4 Å². The number of alkyl halides is 6. The summed E-state index contributed by atoms with van der Waals surface area (Å²) in [7, 11) is 1.74. The number of aryl methyl sites for hydroxylation is 1. The number of hydrogen-bond donors (Lipinski definition) is 2. The van der Waals surface area contributed by atoms with E-state index in [1.54, 1.807) is 7.11 Å². The third-order valence-electron chi connectivity index (χ3n) is 6.63. The van der Waals surface area contributed by atoms with Gasteiger partial charge in [-0.1, -0.05) is 12.1 Å². The standard InChI is InChI=1S/C22H30N2OS.2C2HF3O2/c1-18-6-7-21(26-18)16-24-13-10-22(17-24)8-11-23(12-9-22)15-19-4-3-5-20(14-19)25-2;2*3-2(4,5)1(6)7/h3-7,14H,8-13,15-17H2,1-2H3;2*(H,6,7). The van der Waals surface area contributed by atoms with Gasteiger partial charge < -0.3 is 14.9 Å². The highest BCUT2D eigenvalue weighted by Gasteiger charge is 2.41.